The van der Waals surface area contributed by atoms with Crippen LogP contribution in [0.3, 0.4) is 0 Å². The molecule has 4 aromatic rings. The van der Waals surface area contributed by atoms with Crippen molar-refractivity contribution in [1.29, 1.82) is 0 Å². The fourth-order valence-electron chi connectivity index (χ4n) is 3.55. The number of amides is 1. The summed E-state index contributed by atoms with van der Waals surface area (Å²) in [5.41, 5.74) is 12.9. The molecule has 0 aliphatic carbocycles. The van der Waals surface area contributed by atoms with Crippen LogP contribution in [-0.4, -0.2) is 15.9 Å². The molecule has 4 nitrogen and oxygen atoms in total. The van der Waals surface area contributed by atoms with Crippen LogP contribution in [-0.2, 0) is 11.2 Å². The Hall–Kier alpha value is -3.40. The molecule has 1 amide bonds. The van der Waals surface area contributed by atoms with E-state index in [1.54, 1.807) is 6.20 Å². The molecule has 0 atom stereocenters. The number of nitrogens with two attached hydrogens (primary N) is 1. The minimum Gasteiger partial charge on any atom is -0.370 e. The van der Waals surface area contributed by atoms with E-state index in [4.69, 9.17) is 5.73 Å². The Kier molecular flexibility index (Phi) is 4.47. The second-order valence-electron chi connectivity index (χ2n) is 6.76. The number of H-pyrrole nitrogens is 1. The lowest BCUT2D eigenvalue weighted by Crippen LogP contribution is -2.11. The molecule has 0 bridgehead atoms. The number of rotatable bonds is 5. The standard InChI is InChI=1S/C23H21N3O/c1-15-9-10-18(20(14-15)16-6-3-2-4-7-16)22-17(11-12-21(24)27)19-8-5-13-25-23(19)26-22/h2-10,13-14H,11-12H2,1H3,(H2,24,27)(H,25,26). The second-order valence-corrected chi connectivity index (χ2v) is 6.76. The third kappa shape index (κ3) is 3.34. The van der Waals surface area contributed by atoms with Gasteiger partial charge in [0.15, 0.2) is 0 Å². The number of carbonyl (C=O) groups is 1. The summed E-state index contributed by atoms with van der Waals surface area (Å²) in [7, 11) is 0. The molecule has 0 spiro atoms. The van der Waals surface area contributed by atoms with Gasteiger partial charge in [-0.1, -0.05) is 54.1 Å². The van der Waals surface area contributed by atoms with Crippen LogP contribution in [0.1, 0.15) is 17.5 Å². The highest BCUT2D eigenvalue weighted by Gasteiger charge is 2.17. The van der Waals surface area contributed by atoms with Gasteiger partial charge < -0.3 is 10.7 Å². The van der Waals surface area contributed by atoms with E-state index in [0.717, 1.165) is 39.0 Å². The van der Waals surface area contributed by atoms with Crippen molar-refractivity contribution in [1.82, 2.24) is 9.97 Å². The molecular weight excluding hydrogens is 334 g/mol. The molecule has 4 heteroatoms. The molecule has 0 aliphatic rings. The van der Waals surface area contributed by atoms with E-state index in [9.17, 15) is 4.79 Å². The third-order valence-electron chi connectivity index (χ3n) is 4.83. The number of hydrogen-bond acceptors (Lipinski definition) is 2. The van der Waals surface area contributed by atoms with E-state index < -0.39 is 0 Å². The zero-order valence-electron chi connectivity index (χ0n) is 15.2. The smallest absolute Gasteiger partial charge is 0.217 e. The number of aryl methyl sites for hydroxylation is 2. The predicted octanol–water partition coefficient (Wildman–Crippen LogP) is 4.62. The number of fused-ring (bicyclic) bond motifs is 1. The first kappa shape index (κ1) is 17.0. The van der Waals surface area contributed by atoms with E-state index in [1.165, 1.54) is 5.56 Å². The molecule has 27 heavy (non-hydrogen) atoms. The third-order valence-corrected chi connectivity index (χ3v) is 4.83. The van der Waals surface area contributed by atoms with Crippen molar-refractivity contribution in [3.8, 4) is 22.4 Å². The Bertz CT molecular complexity index is 1110. The molecule has 0 fully saturated rings. The Balaban J connectivity index is 1.95. The molecule has 2 aromatic carbocycles. The maximum atomic E-state index is 11.4. The number of nitrogens with zero attached hydrogens (tertiary/aromatic N) is 1. The van der Waals surface area contributed by atoms with Crippen LogP contribution in [0.15, 0.2) is 66.9 Å². The number of hydrogen-bond donors (Lipinski definition) is 2. The minimum absolute atomic E-state index is 0.300. The molecule has 0 saturated carbocycles. The summed E-state index contributed by atoms with van der Waals surface area (Å²) >= 11 is 0. The van der Waals surface area contributed by atoms with Crippen LogP contribution in [0, 0.1) is 6.92 Å². The van der Waals surface area contributed by atoms with Crippen molar-refractivity contribution in [2.45, 2.75) is 19.8 Å². The monoisotopic (exact) mass is 355 g/mol. The molecule has 2 heterocycles. The normalized spacial score (nSPS) is 11.0. The van der Waals surface area contributed by atoms with Crippen molar-refractivity contribution in [2.24, 2.45) is 5.73 Å². The molecular formula is C23H21N3O. The summed E-state index contributed by atoms with van der Waals surface area (Å²) in [6.45, 7) is 2.09. The van der Waals surface area contributed by atoms with Crippen molar-refractivity contribution < 1.29 is 4.79 Å². The van der Waals surface area contributed by atoms with Gasteiger partial charge in [0.05, 0.1) is 5.69 Å². The average molecular weight is 355 g/mol. The summed E-state index contributed by atoms with van der Waals surface area (Å²) in [6, 6.07) is 20.7. The average Bonchev–Trinajstić information content (AvgIpc) is 3.05. The first-order chi connectivity index (χ1) is 13.1. The number of primary amides is 1. The van der Waals surface area contributed by atoms with E-state index in [0.29, 0.717) is 12.8 Å². The van der Waals surface area contributed by atoms with Crippen molar-refractivity contribution in [3.63, 3.8) is 0 Å². The second kappa shape index (κ2) is 7.08. The SMILES string of the molecule is Cc1ccc(-c2[nH]c3ncccc3c2CCC(N)=O)c(-c2ccccc2)c1. The van der Waals surface area contributed by atoms with Gasteiger partial charge in [-0.05, 0) is 42.2 Å². The number of carbonyl (C=O) groups excluding carboxylic acids is 1. The van der Waals surface area contributed by atoms with Crippen LogP contribution in [0.5, 0.6) is 0 Å². The summed E-state index contributed by atoms with van der Waals surface area (Å²) < 4.78 is 0. The molecule has 0 radical (unpaired) electrons. The molecule has 4 rings (SSSR count). The Morgan fingerprint density at radius 1 is 1.04 bits per heavy atom. The van der Waals surface area contributed by atoms with Crippen LogP contribution >= 0.6 is 0 Å². The molecule has 2 aromatic heterocycles. The maximum Gasteiger partial charge on any atom is 0.217 e. The molecule has 134 valence electrons. The maximum absolute atomic E-state index is 11.4. The lowest BCUT2D eigenvalue weighted by atomic mass is 9.93. The van der Waals surface area contributed by atoms with Gasteiger partial charge in [-0.3, -0.25) is 4.79 Å². The number of aromatic amines is 1. The number of pyridine rings is 1. The molecule has 0 aliphatic heterocycles. The Morgan fingerprint density at radius 2 is 1.85 bits per heavy atom. The number of aromatic nitrogens is 2. The fraction of sp³-hybridized carbons (Fsp3) is 0.130. The largest absolute Gasteiger partial charge is 0.370 e. The first-order valence-corrected chi connectivity index (χ1v) is 9.04. The number of benzene rings is 2. The van der Waals surface area contributed by atoms with Crippen LogP contribution in [0.2, 0.25) is 0 Å². The Labute approximate surface area is 158 Å². The topological polar surface area (TPSA) is 71.8 Å². The summed E-state index contributed by atoms with van der Waals surface area (Å²) in [5.74, 6) is -0.300. The predicted molar refractivity (Wildman–Crippen MR) is 109 cm³/mol. The molecule has 0 saturated heterocycles. The fourth-order valence-corrected chi connectivity index (χ4v) is 3.55. The zero-order chi connectivity index (χ0) is 18.8. The van der Waals surface area contributed by atoms with Crippen molar-refractivity contribution in [3.05, 3.63) is 78.0 Å². The van der Waals surface area contributed by atoms with Gasteiger partial charge in [-0.25, -0.2) is 4.98 Å². The van der Waals surface area contributed by atoms with Crippen LogP contribution < -0.4 is 5.73 Å². The summed E-state index contributed by atoms with van der Waals surface area (Å²) in [6.07, 6.45) is 2.66. The van der Waals surface area contributed by atoms with Gasteiger partial charge >= 0.3 is 0 Å². The lowest BCUT2D eigenvalue weighted by molar-refractivity contribution is -0.117. The Morgan fingerprint density at radius 3 is 2.63 bits per heavy atom. The summed E-state index contributed by atoms with van der Waals surface area (Å²) in [4.78, 5) is 19.3. The quantitative estimate of drug-likeness (QED) is 0.548. The highest BCUT2D eigenvalue weighted by molar-refractivity contribution is 5.93. The lowest BCUT2D eigenvalue weighted by Gasteiger charge is -2.12. The van der Waals surface area contributed by atoms with Crippen LogP contribution in [0.25, 0.3) is 33.4 Å². The highest BCUT2D eigenvalue weighted by atomic mass is 16.1. The van der Waals surface area contributed by atoms with E-state index in [-0.39, 0.29) is 5.91 Å². The van der Waals surface area contributed by atoms with Gasteiger partial charge in [0, 0.05) is 23.6 Å². The van der Waals surface area contributed by atoms with Gasteiger partial charge in [-0.2, -0.15) is 0 Å². The summed E-state index contributed by atoms with van der Waals surface area (Å²) in [5, 5.41) is 1.04. The van der Waals surface area contributed by atoms with E-state index in [1.807, 2.05) is 30.3 Å². The van der Waals surface area contributed by atoms with Crippen molar-refractivity contribution >= 4 is 16.9 Å². The minimum atomic E-state index is -0.300. The molecule has 0 unspecified atom stereocenters. The van der Waals surface area contributed by atoms with Gasteiger partial charge in [0.2, 0.25) is 5.91 Å². The zero-order valence-corrected chi connectivity index (χ0v) is 15.2. The first-order valence-electron chi connectivity index (χ1n) is 9.04. The highest BCUT2D eigenvalue weighted by Crippen LogP contribution is 2.37. The van der Waals surface area contributed by atoms with Crippen LogP contribution in [0.4, 0.5) is 0 Å². The van der Waals surface area contributed by atoms with Gasteiger partial charge in [0.25, 0.3) is 0 Å². The van der Waals surface area contributed by atoms with Gasteiger partial charge in [-0.15, -0.1) is 0 Å². The van der Waals surface area contributed by atoms with E-state index >= 15 is 0 Å². The van der Waals surface area contributed by atoms with Crippen molar-refractivity contribution in [2.75, 3.05) is 0 Å². The van der Waals surface area contributed by atoms with E-state index in [2.05, 4.69) is 47.2 Å². The van der Waals surface area contributed by atoms with Gasteiger partial charge in [0.1, 0.15) is 5.65 Å². The molecule has 3 N–H and O–H groups in total. The number of nitrogens with one attached hydrogen (secondary N) is 1.